The zero-order chi connectivity index (χ0) is 23.7. The van der Waals surface area contributed by atoms with Gasteiger partial charge in [-0.3, -0.25) is 9.89 Å². The number of hydrogen-bond acceptors (Lipinski definition) is 6. The van der Waals surface area contributed by atoms with Gasteiger partial charge in [-0.2, -0.15) is 5.10 Å². The second-order valence-corrected chi connectivity index (χ2v) is 9.03. The van der Waals surface area contributed by atoms with E-state index in [2.05, 4.69) is 32.2 Å². The molecule has 1 aliphatic rings. The van der Waals surface area contributed by atoms with Crippen LogP contribution in [0.15, 0.2) is 47.5 Å². The van der Waals surface area contributed by atoms with E-state index >= 15 is 0 Å². The zero-order valence-electron chi connectivity index (χ0n) is 19.7. The second kappa shape index (κ2) is 9.30. The lowest BCUT2D eigenvalue weighted by atomic mass is 9.83. The van der Waals surface area contributed by atoms with E-state index in [0.717, 1.165) is 42.7 Å². The molecule has 2 N–H and O–H groups in total. The van der Waals surface area contributed by atoms with Crippen molar-refractivity contribution < 1.29 is 9.47 Å². The van der Waals surface area contributed by atoms with Crippen LogP contribution in [0.1, 0.15) is 29.3 Å². The lowest BCUT2D eigenvalue weighted by Crippen LogP contribution is -2.21. The Kier molecular flexibility index (Phi) is 6.06. The molecule has 2 aromatic heterocycles. The number of benzene rings is 2. The first-order valence-electron chi connectivity index (χ1n) is 11.5. The molecule has 176 valence electrons. The van der Waals surface area contributed by atoms with E-state index in [1.165, 1.54) is 11.1 Å². The summed E-state index contributed by atoms with van der Waals surface area (Å²) < 4.78 is 11.6. The number of likely N-dealkylation sites (N-methyl/N-ethyl adjacent to an activating group) is 1. The molecule has 8 heteroatoms. The number of nitrogens with zero attached hydrogens (tertiary/aromatic N) is 3. The zero-order valence-corrected chi connectivity index (χ0v) is 19.7. The molecule has 1 aliphatic carbocycles. The molecule has 4 aromatic rings. The highest BCUT2D eigenvalue weighted by Gasteiger charge is 2.24. The van der Waals surface area contributed by atoms with Crippen LogP contribution in [-0.4, -0.2) is 59.4 Å². The van der Waals surface area contributed by atoms with Gasteiger partial charge < -0.3 is 19.4 Å². The number of aromatic nitrogens is 4. The standard InChI is InChI=1S/C26H29N5O3/c1-31(2)8-9-34-21-7-6-16-4-5-17(10-18(16)11-21)25-29-24-22(26(32)30-25)12-19(13-23(24)33-3)20-14-27-28-15-20/h6-7,11-15,17H,4-5,8-10H2,1-3H3,(H,27,28)(H,29,30,32). The van der Waals surface area contributed by atoms with Crippen molar-refractivity contribution in [3.05, 3.63) is 70.0 Å². The number of nitrogens with one attached hydrogen (secondary N) is 2. The van der Waals surface area contributed by atoms with Crippen LogP contribution in [0.3, 0.4) is 0 Å². The van der Waals surface area contributed by atoms with Crippen LogP contribution in [0.2, 0.25) is 0 Å². The van der Waals surface area contributed by atoms with Crippen LogP contribution >= 0.6 is 0 Å². The lowest BCUT2D eigenvalue weighted by molar-refractivity contribution is 0.261. The molecule has 0 bridgehead atoms. The minimum Gasteiger partial charge on any atom is -0.494 e. The van der Waals surface area contributed by atoms with Gasteiger partial charge in [-0.05, 0) is 74.3 Å². The van der Waals surface area contributed by atoms with Gasteiger partial charge in [0.2, 0.25) is 0 Å². The number of H-pyrrole nitrogens is 2. The minimum atomic E-state index is -0.157. The molecule has 0 amide bonds. The molecule has 2 heterocycles. The predicted molar refractivity (Wildman–Crippen MR) is 132 cm³/mol. The molecule has 2 aromatic carbocycles. The van der Waals surface area contributed by atoms with Gasteiger partial charge in [0.1, 0.15) is 29.4 Å². The summed E-state index contributed by atoms with van der Waals surface area (Å²) >= 11 is 0. The fraction of sp³-hybridized carbons (Fsp3) is 0.346. The normalized spacial score (nSPS) is 15.5. The maximum Gasteiger partial charge on any atom is 0.258 e. The topological polar surface area (TPSA) is 96.1 Å². The van der Waals surface area contributed by atoms with Crippen molar-refractivity contribution in [2.24, 2.45) is 0 Å². The van der Waals surface area contributed by atoms with Crippen LogP contribution in [0.25, 0.3) is 22.0 Å². The van der Waals surface area contributed by atoms with Gasteiger partial charge >= 0.3 is 0 Å². The summed E-state index contributed by atoms with van der Waals surface area (Å²) in [6.45, 7) is 1.52. The molecule has 0 spiro atoms. The van der Waals surface area contributed by atoms with E-state index in [-0.39, 0.29) is 11.5 Å². The summed E-state index contributed by atoms with van der Waals surface area (Å²) in [6, 6.07) is 10.1. The van der Waals surface area contributed by atoms with Crippen molar-refractivity contribution in [3.8, 4) is 22.6 Å². The number of rotatable bonds is 7. The number of ether oxygens (including phenoxy) is 2. The number of aryl methyl sites for hydroxylation is 1. The van der Waals surface area contributed by atoms with E-state index in [4.69, 9.17) is 14.5 Å². The highest BCUT2D eigenvalue weighted by molar-refractivity contribution is 5.89. The van der Waals surface area contributed by atoms with Crippen LogP contribution < -0.4 is 15.0 Å². The van der Waals surface area contributed by atoms with Crippen molar-refractivity contribution in [1.29, 1.82) is 0 Å². The third-order valence-corrected chi connectivity index (χ3v) is 6.45. The molecule has 8 nitrogen and oxygen atoms in total. The fourth-order valence-electron chi connectivity index (χ4n) is 4.56. The van der Waals surface area contributed by atoms with E-state index in [1.807, 2.05) is 32.3 Å². The largest absolute Gasteiger partial charge is 0.494 e. The molecular formula is C26H29N5O3. The average molecular weight is 460 g/mol. The van der Waals surface area contributed by atoms with Crippen LogP contribution in [0.5, 0.6) is 11.5 Å². The second-order valence-electron chi connectivity index (χ2n) is 9.03. The first-order chi connectivity index (χ1) is 16.5. The average Bonchev–Trinajstić information content (AvgIpc) is 3.38. The van der Waals surface area contributed by atoms with Crippen LogP contribution in [0, 0.1) is 0 Å². The fourth-order valence-corrected chi connectivity index (χ4v) is 4.56. The van der Waals surface area contributed by atoms with Gasteiger partial charge in [-0.25, -0.2) is 4.98 Å². The van der Waals surface area contributed by atoms with Crippen molar-refractivity contribution in [2.45, 2.75) is 25.2 Å². The third kappa shape index (κ3) is 4.41. The maximum atomic E-state index is 13.1. The smallest absolute Gasteiger partial charge is 0.258 e. The first-order valence-corrected chi connectivity index (χ1v) is 11.5. The number of fused-ring (bicyclic) bond motifs is 2. The Morgan fingerprint density at radius 3 is 2.79 bits per heavy atom. The van der Waals surface area contributed by atoms with Crippen LogP contribution in [0.4, 0.5) is 0 Å². The highest BCUT2D eigenvalue weighted by atomic mass is 16.5. The quantitative estimate of drug-likeness (QED) is 0.439. The number of hydrogen-bond donors (Lipinski definition) is 2. The lowest BCUT2D eigenvalue weighted by Gasteiger charge is -2.25. The van der Waals surface area contributed by atoms with Gasteiger partial charge in [0, 0.05) is 24.2 Å². The monoisotopic (exact) mass is 459 g/mol. The summed E-state index contributed by atoms with van der Waals surface area (Å²) in [5, 5.41) is 7.31. The summed E-state index contributed by atoms with van der Waals surface area (Å²) in [6.07, 6.45) is 6.18. The Balaban J connectivity index is 1.45. The molecular weight excluding hydrogens is 430 g/mol. The van der Waals surface area contributed by atoms with Crippen molar-refractivity contribution in [3.63, 3.8) is 0 Å². The van der Waals surface area contributed by atoms with Crippen molar-refractivity contribution in [1.82, 2.24) is 25.1 Å². The van der Waals surface area contributed by atoms with Crippen LogP contribution in [-0.2, 0) is 12.8 Å². The first kappa shape index (κ1) is 22.2. The van der Waals surface area contributed by atoms with Crippen molar-refractivity contribution in [2.75, 3.05) is 34.4 Å². The predicted octanol–water partition coefficient (Wildman–Crippen LogP) is 3.53. The van der Waals surface area contributed by atoms with Gasteiger partial charge in [0.05, 0.1) is 18.7 Å². The number of methoxy groups -OCH3 is 1. The molecule has 1 unspecified atom stereocenters. The Hall–Kier alpha value is -3.65. The van der Waals surface area contributed by atoms with E-state index in [0.29, 0.717) is 29.1 Å². The maximum absolute atomic E-state index is 13.1. The summed E-state index contributed by atoms with van der Waals surface area (Å²) in [5.74, 6) is 2.29. The van der Waals surface area contributed by atoms with E-state index in [9.17, 15) is 4.79 Å². The molecule has 1 atom stereocenters. The SMILES string of the molecule is COc1cc(-c2cn[nH]c2)cc2c(=O)[nH]c(C3CCc4ccc(OCCN(C)C)cc4C3)nc12. The van der Waals surface area contributed by atoms with E-state index in [1.54, 1.807) is 19.5 Å². The molecule has 0 saturated carbocycles. The Morgan fingerprint density at radius 2 is 2.03 bits per heavy atom. The third-order valence-electron chi connectivity index (χ3n) is 6.45. The number of aromatic amines is 2. The van der Waals surface area contributed by atoms with Gasteiger partial charge in [-0.15, -0.1) is 0 Å². The van der Waals surface area contributed by atoms with E-state index < -0.39 is 0 Å². The molecule has 5 rings (SSSR count). The van der Waals surface area contributed by atoms with Gasteiger partial charge in [0.25, 0.3) is 5.56 Å². The van der Waals surface area contributed by atoms with Crippen molar-refractivity contribution >= 4 is 10.9 Å². The highest BCUT2D eigenvalue weighted by Crippen LogP contribution is 2.35. The Bertz CT molecular complexity index is 1360. The molecule has 0 radical (unpaired) electrons. The Labute approximate surface area is 197 Å². The van der Waals surface area contributed by atoms with Gasteiger partial charge in [0.15, 0.2) is 0 Å². The summed E-state index contributed by atoms with van der Waals surface area (Å²) in [7, 11) is 5.67. The molecule has 0 aliphatic heterocycles. The van der Waals surface area contributed by atoms with Gasteiger partial charge in [-0.1, -0.05) is 6.07 Å². The molecule has 0 fully saturated rings. The molecule has 34 heavy (non-hydrogen) atoms. The Morgan fingerprint density at radius 1 is 1.15 bits per heavy atom. The minimum absolute atomic E-state index is 0.125. The summed E-state index contributed by atoms with van der Waals surface area (Å²) in [4.78, 5) is 23.1. The summed E-state index contributed by atoms with van der Waals surface area (Å²) in [5.41, 5.74) is 4.75. The molecule has 0 saturated heterocycles.